The lowest BCUT2D eigenvalue weighted by Crippen LogP contribution is -2.43. The van der Waals surface area contributed by atoms with Crippen LogP contribution < -0.4 is 5.32 Å². The molecule has 1 aromatic heterocycles. The highest BCUT2D eigenvalue weighted by molar-refractivity contribution is 5.95. The molecule has 1 aliphatic heterocycles. The van der Waals surface area contributed by atoms with Gasteiger partial charge in [-0.15, -0.1) is 0 Å². The second-order valence-electron chi connectivity index (χ2n) is 5.96. The van der Waals surface area contributed by atoms with Crippen LogP contribution in [0.4, 0.5) is 0 Å². The third-order valence-electron chi connectivity index (χ3n) is 4.32. The minimum atomic E-state index is -0.223. The van der Waals surface area contributed by atoms with Gasteiger partial charge in [-0.3, -0.25) is 14.5 Å². The normalized spacial score (nSPS) is 16.2. The number of furan rings is 1. The molecule has 1 aliphatic rings. The zero-order valence-corrected chi connectivity index (χ0v) is 13.8. The van der Waals surface area contributed by atoms with Crippen LogP contribution >= 0.6 is 0 Å². The minimum absolute atomic E-state index is 0.0210. The van der Waals surface area contributed by atoms with E-state index in [9.17, 15) is 9.59 Å². The molecule has 1 saturated heterocycles. The molecule has 0 spiro atoms. The molecular formula is C18H22N2O4. The molecule has 0 radical (unpaired) electrons. The molecule has 1 amide bonds. The average Bonchev–Trinajstić information content (AvgIpc) is 3.04. The van der Waals surface area contributed by atoms with Gasteiger partial charge in [-0.1, -0.05) is 18.2 Å². The Morgan fingerprint density at radius 1 is 1.29 bits per heavy atom. The van der Waals surface area contributed by atoms with E-state index in [2.05, 4.69) is 10.2 Å². The largest absolute Gasteiger partial charge is 0.466 e. The standard InChI is InChI=1S/C18H22N2O4/c1-2-23-18(22)13-7-9-20(10-8-13)12-19-17(21)16-11-14-5-3-4-6-15(14)24-16/h3-6,11,13H,2,7-10,12H2,1H3,(H,19,21). The van der Waals surface area contributed by atoms with E-state index in [1.165, 1.54) is 0 Å². The molecule has 6 heteroatoms. The molecule has 2 aromatic rings. The fourth-order valence-corrected chi connectivity index (χ4v) is 2.95. The van der Waals surface area contributed by atoms with E-state index in [0.29, 0.717) is 24.6 Å². The molecule has 0 saturated carbocycles. The molecule has 1 N–H and O–H groups in total. The number of nitrogens with one attached hydrogen (secondary N) is 1. The van der Waals surface area contributed by atoms with Crippen LogP contribution in [0.3, 0.4) is 0 Å². The van der Waals surface area contributed by atoms with E-state index in [0.717, 1.165) is 31.3 Å². The Balaban J connectivity index is 1.48. The third-order valence-corrected chi connectivity index (χ3v) is 4.32. The summed E-state index contributed by atoms with van der Waals surface area (Å²) in [4.78, 5) is 26.0. The van der Waals surface area contributed by atoms with Crippen LogP contribution in [0.1, 0.15) is 30.3 Å². The molecule has 128 valence electrons. The molecule has 1 fully saturated rings. The molecule has 0 bridgehead atoms. The van der Waals surface area contributed by atoms with E-state index in [1.807, 2.05) is 31.2 Å². The van der Waals surface area contributed by atoms with Gasteiger partial charge in [-0.2, -0.15) is 0 Å². The average molecular weight is 330 g/mol. The molecule has 2 heterocycles. The Labute approximate surface area is 140 Å². The minimum Gasteiger partial charge on any atom is -0.466 e. The molecule has 0 atom stereocenters. The third kappa shape index (κ3) is 3.76. The van der Waals surface area contributed by atoms with Crippen molar-refractivity contribution in [3.63, 3.8) is 0 Å². The Bertz CT molecular complexity index is 684. The summed E-state index contributed by atoms with van der Waals surface area (Å²) in [6.07, 6.45) is 1.53. The number of likely N-dealkylation sites (tertiary alicyclic amines) is 1. The van der Waals surface area contributed by atoms with Crippen molar-refractivity contribution in [1.29, 1.82) is 0 Å². The molecular weight excluding hydrogens is 308 g/mol. The second-order valence-corrected chi connectivity index (χ2v) is 5.96. The zero-order chi connectivity index (χ0) is 16.9. The van der Waals surface area contributed by atoms with E-state index in [-0.39, 0.29) is 17.8 Å². The molecule has 1 aromatic carbocycles. The topological polar surface area (TPSA) is 71.8 Å². The van der Waals surface area contributed by atoms with Crippen molar-refractivity contribution >= 4 is 22.8 Å². The number of hydrogen-bond donors (Lipinski definition) is 1. The van der Waals surface area contributed by atoms with E-state index >= 15 is 0 Å². The van der Waals surface area contributed by atoms with Gasteiger partial charge < -0.3 is 14.5 Å². The van der Waals surface area contributed by atoms with Crippen molar-refractivity contribution in [2.24, 2.45) is 5.92 Å². The van der Waals surface area contributed by atoms with E-state index < -0.39 is 0 Å². The number of rotatable bonds is 5. The van der Waals surface area contributed by atoms with Crippen LogP contribution in [0.25, 0.3) is 11.0 Å². The zero-order valence-electron chi connectivity index (χ0n) is 13.8. The first-order chi connectivity index (χ1) is 11.7. The number of carbonyl (C=O) groups excluding carboxylic acids is 2. The molecule has 3 rings (SSSR count). The van der Waals surface area contributed by atoms with Crippen molar-refractivity contribution in [2.45, 2.75) is 19.8 Å². The monoisotopic (exact) mass is 330 g/mol. The summed E-state index contributed by atoms with van der Waals surface area (Å²) in [6.45, 7) is 4.23. The summed E-state index contributed by atoms with van der Waals surface area (Å²) in [5.74, 6) is -0.0351. The van der Waals surface area contributed by atoms with Gasteiger partial charge >= 0.3 is 5.97 Å². The fraction of sp³-hybridized carbons (Fsp3) is 0.444. The summed E-state index contributed by atoms with van der Waals surface area (Å²) >= 11 is 0. The summed E-state index contributed by atoms with van der Waals surface area (Å²) in [5.41, 5.74) is 0.706. The maximum absolute atomic E-state index is 12.2. The number of carbonyl (C=O) groups is 2. The maximum Gasteiger partial charge on any atom is 0.309 e. The highest BCUT2D eigenvalue weighted by Gasteiger charge is 2.26. The second kappa shape index (κ2) is 7.49. The van der Waals surface area contributed by atoms with Gasteiger partial charge in [0, 0.05) is 18.5 Å². The van der Waals surface area contributed by atoms with E-state index in [4.69, 9.17) is 9.15 Å². The van der Waals surface area contributed by atoms with Gasteiger partial charge in [-0.05, 0) is 31.9 Å². The Hall–Kier alpha value is -2.34. The maximum atomic E-state index is 12.2. The van der Waals surface area contributed by atoms with Crippen molar-refractivity contribution in [3.8, 4) is 0 Å². The van der Waals surface area contributed by atoms with Crippen LogP contribution in [0.5, 0.6) is 0 Å². The predicted molar refractivity (Wildman–Crippen MR) is 89.5 cm³/mol. The van der Waals surface area contributed by atoms with Crippen LogP contribution in [0, 0.1) is 5.92 Å². The summed E-state index contributed by atoms with van der Waals surface area (Å²) in [7, 11) is 0. The van der Waals surface area contributed by atoms with Crippen LogP contribution in [-0.4, -0.2) is 43.1 Å². The fourth-order valence-electron chi connectivity index (χ4n) is 2.95. The first-order valence-electron chi connectivity index (χ1n) is 8.33. The lowest BCUT2D eigenvalue weighted by molar-refractivity contribution is -0.149. The van der Waals surface area contributed by atoms with Crippen molar-refractivity contribution in [1.82, 2.24) is 10.2 Å². The van der Waals surface area contributed by atoms with Crippen LogP contribution in [0.2, 0.25) is 0 Å². The number of amides is 1. The Kier molecular flexibility index (Phi) is 5.15. The predicted octanol–water partition coefficient (Wildman–Crippen LogP) is 2.40. The first-order valence-corrected chi connectivity index (χ1v) is 8.33. The highest BCUT2D eigenvalue weighted by atomic mass is 16.5. The number of nitrogens with zero attached hydrogens (tertiary/aromatic N) is 1. The summed E-state index contributed by atoms with van der Waals surface area (Å²) in [6, 6.07) is 9.29. The Morgan fingerprint density at radius 3 is 2.75 bits per heavy atom. The number of ether oxygens (including phenoxy) is 1. The Morgan fingerprint density at radius 2 is 2.04 bits per heavy atom. The van der Waals surface area contributed by atoms with Crippen molar-refractivity contribution in [2.75, 3.05) is 26.4 Å². The lowest BCUT2D eigenvalue weighted by atomic mass is 9.97. The van der Waals surface area contributed by atoms with E-state index in [1.54, 1.807) is 6.07 Å². The van der Waals surface area contributed by atoms with Crippen LogP contribution in [-0.2, 0) is 9.53 Å². The number of piperidine rings is 1. The molecule has 0 unspecified atom stereocenters. The smallest absolute Gasteiger partial charge is 0.309 e. The van der Waals surface area contributed by atoms with Crippen molar-refractivity contribution in [3.05, 3.63) is 36.1 Å². The molecule has 24 heavy (non-hydrogen) atoms. The lowest BCUT2D eigenvalue weighted by Gasteiger charge is -2.30. The van der Waals surface area contributed by atoms with Gasteiger partial charge in [0.2, 0.25) is 0 Å². The van der Waals surface area contributed by atoms with Gasteiger partial charge in [0.15, 0.2) is 5.76 Å². The van der Waals surface area contributed by atoms with Gasteiger partial charge in [0.05, 0.1) is 19.2 Å². The highest BCUT2D eigenvalue weighted by Crippen LogP contribution is 2.20. The molecule has 0 aliphatic carbocycles. The number of hydrogen-bond acceptors (Lipinski definition) is 5. The first kappa shape index (κ1) is 16.5. The van der Waals surface area contributed by atoms with Gasteiger partial charge in [0.1, 0.15) is 5.58 Å². The number of fused-ring (bicyclic) bond motifs is 1. The number of benzene rings is 1. The van der Waals surface area contributed by atoms with Crippen LogP contribution in [0.15, 0.2) is 34.7 Å². The quantitative estimate of drug-likeness (QED) is 0.852. The van der Waals surface area contributed by atoms with Crippen molar-refractivity contribution < 1.29 is 18.7 Å². The number of para-hydroxylation sites is 1. The van der Waals surface area contributed by atoms with Gasteiger partial charge in [-0.25, -0.2) is 0 Å². The summed E-state index contributed by atoms with van der Waals surface area (Å²) in [5, 5.41) is 3.79. The molecule has 6 nitrogen and oxygen atoms in total. The number of esters is 1. The van der Waals surface area contributed by atoms with Gasteiger partial charge in [0.25, 0.3) is 5.91 Å². The summed E-state index contributed by atoms with van der Waals surface area (Å²) < 4.78 is 10.6. The SMILES string of the molecule is CCOC(=O)C1CCN(CNC(=O)c2cc3ccccc3o2)CC1.